The molecule has 0 saturated heterocycles. The van der Waals surface area contributed by atoms with Gasteiger partial charge in [0.2, 0.25) is 5.88 Å². The highest BCUT2D eigenvalue weighted by Crippen LogP contribution is 1.95. The lowest BCUT2D eigenvalue weighted by Gasteiger charge is -1.99. The Kier molecular flexibility index (Phi) is 1.80. The minimum absolute atomic E-state index is 0.275. The zero-order valence-electron chi connectivity index (χ0n) is 6.25. The second-order valence-corrected chi connectivity index (χ2v) is 2.07. The van der Waals surface area contributed by atoms with Gasteiger partial charge in [-0.25, -0.2) is 0 Å². The number of nitrogens with zero attached hydrogens (tertiary/aromatic N) is 1. The number of hydrogen-bond acceptors (Lipinski definition) is 3. The SMILES string of the molecule is COc1cn(C)c(=O)c(=O)[nH]1. The Balaban J connectivity index is 3.45. The molecule has 0 amide bonds. The summed E-state index contributed by atoms with van der Waals surface area (Å²) < 4.78 is 5.88. The molecule has 1 N–H and O–H groups in total. The van der Waals surface area contributed by atoms with Gasteiger partial charge in [0.25, 0.3) is 0 Å². The Bertz CT molecular complexity index is 363. The molecule has 11 heavy (non-hydrogen) atoms. The lowest BCUT2D eigenvalue weighted by Crippen LogP contribution is -2.34. The predicted octanol–water partition coefficient (Wildman–Crippen LogP) is -0.918. The first-order valence-electron chi connectivity index (χ1n) is 2.99. The van der Waals surface area contributed by atoms with Crippen LogP contribution in [-0.2, 0) is 7.05 Å². The summed E-state index contributed by atoms with van der Waals surface area (Å²) in [5.41, 5.74) is -1.27. The zero-order valence-corrected chi connectivity index (χ0v) is 6.25. The summed E-state index contributed by atoms with van der Waals surface area (Å²) in [6, 6.07) is 0. The van der Waals surface area contributed by atoms with E-state index in [-0.39, 0.29) is 5.88 Å². The van der Waals surface area contributed by atoms with Crippen LogP contribution in [0.4, 0.5) is 0 Å². The molecule has 0 aliphatic heterocycles. The molecule has 0 bridgehead atoms. The largest absolute Gasteiger partial charge is 0.481 e. The van der Waals surface area contributed by atoms with E-state index < -0.39 is 11.1 Å². The number of hydrogen-bond donors (Lipinski definition) is 1. The molecule has 0 aliphatic carbocycles. The van der Waals surface area contributed by atoms with Crippen LogP contribution in [0.3, 0.4) is 0 Å². The van der Waals surface area contributed by atoms with E-state index in [4.69, 9.17) is 4.74 Å². The molecular weight excluding hydrogens is 148 g/mol. The molecule has 5 heteroatoms. The smallest absolute Gasteiger partial charge is 0.316 e. The minimum atomic E-state index is -0.674. The molecule has 0 aliphatic rings. The van der Waals surface area contributed by atoms with E-state index in [1.807, 2.05) is 0 Å². The van der Waals surface area contributed by atoms with Crippen LogP contribution < -0.4 is 15.9 Å². The second kappa shape index (κ2) is 2.61. The fraction of sp³-hybridized carbons (Fsp3) is 0.333. The Hall–Kier alpha value is -1.52. The highest BCUT2D eigenvalue weighted by molar-refractivity contribution is 5.02. The maximum atomic E-state index is 10.8. The van der Waals surface area contributed by atoms with Gasteiger partial charge in [0.15, 0.2) is 0 Å². The van der Waals surface area contributed by atoms with Gasteiger partial charge in [0.05, 0.1) is 13.3 Å². The normalized spacial score (nSPS) is 9.64. The summed E-state index contributed by atoms with van der Waals surface area (Å²) in [5.74, 6) is 0.275. The summed E-state index contributed by atoms with van der Waals surface area (Å²) in [4.78, 5) is 23.8. The van der Waals surface area contributed by atoms with Crippen LogP contribution in [0.2, 0.25) is 0 Å². The molecule has 1 aromatic rings. The number of methoxy groups -OCH3 is 1. The summed E-state index contributed by atoms with van der Waals surface area (Å²) >= 11 is 0. The molecule has 0 aromatic carbocycles. The van der Waals surface area contributed by atoms with E-state index in [0.29, 0.717) is 0 Å². The number of aryl methyl sites for hydroxylation is 1. The molecule has 0 saturated carbocycles. The van der Waals surface area contributed by atoms with Crippen molar-refractivity contribution in [2.75, 3.05) is 7.11 Å². The van der Waals surface area contributed by atoms with Gasteiger partial charge in [-0.15, -0.1) is 0 Å². The van der Waals surface area contributed by atoms with Crippen molar-refractivity contribution >= 4 is 0 Å². The van der Waals surface area contributed by atoms with Crippen molar-refractivity contribution in [3.05, 3.63) is 26.9 Å². The third kappa shape index (κ3) is 1.31. The van der Waals surface area contributed by atoms with Crippen LogP contribution in [0.25, 0.3) is 0 Å². The maximum absolute atomic E-state index is 10.8. The first-order valence-corrected chi connectivity index (χ1v) is 2.99. The van der Waals surface area contributed by atoms with Crippen LogP contribution in [-0.4, -0.2) is 16.7 Å². The number of H-pyrrole nitrogens is 1. The molecule has 1 rings (SSSR count). The molecule has 5 nitrogen and oxygen atoms in total. The average molecular weight is 156 g/mol. The molecule has 0 radical (unpaired) electrons. The van der Waals surface area contributed by atoms with Crippen molar-refractivity contribution in [2.45, 2.75) is 0 Å². The number of nitrogens with one attached hydrogen (secondary N) is 1. The summed E-state index contributed by atoms with van der Waals surface area (Å²) in [7, 11) is 2.90. The third-order valence-corrected chi connectivity index (χ3v) is 1.28. The van der Waals surface area contributed by atoms with E-state index in [9.17, 15) is 9.59 Å². The van der Waals surface area contributed by atoms with E-state index >= 15 is 0 Å². The lowest BCUT2D eigenvalue weighted by atomic mass is 10.6. The van der Waals surface area contributed by atoms with Gasteiger partial charge in [0.1, 0.15) is 0 Å². The molecular formula is C6H8N2O3. The Morgan fingerprint density at radius 3 is 2.64 bits per heavy atom. The fourth-order valence-electron chi connectivity index (χ4n) is 0.696. The van der Waals surface area contributed by atoms with Crippen LogP contribution in [0.5, 0.6) is 5.88 Å². The molecule has 0 fully saturated rings. The topological polar surface area (TPSA) is 64.1 Å². The molecule has 0 atom stereocenters. The number of rotatable bonds is 1. The lowest BCUT2D eigenvalue weighted by molar-refractivity contribution is 0.390. The van der Waals surface area contributed by atoms with Crippen molar-refractivity contribution in [3.8, 4) is 5.88 Å². The van der Waals surface area contributed by atoms with Crippen LogP contribution in [0, 0.1) is 0 Å². The third-order valence-electron chi connectivity index (χ3n) is 1.28. The van der Waals surface area contributed by atoms with Gasteiger partial charge in [-0.3, -0.25) is 14.6 Å². The van der Waals surface area contributed by atoms with Crippen molar-refractivity contribution < 1.29 is 4.74 Å². The van der Waals surface area contributed by atoms with Gasteiger partial charge in [-0.2, -0.15) is 0 Å². The molecule has 0 unspecified atom stereocenters. The van der Waals surface area contributed by atoms with E-state index in [1.54, 1.807) is 0 Å². The van der Waals surface area contributed by atoms with Crippen molar-refractivity contribution in [3.63, 3.8) is 0 Å². The minimum Gasteiger partial charge on any atom is -0.481 e. The Labute approximate surface area is 62.2 Å². The number of aromatic amines is 1. The van der Waals surface area contributed by atoms with Crippen molar-refractivity contribution in [1.29, 1.82) is 0 Å². The zero-order chi connectivity index (χ0) is 8.43. The molecule has 1 aromatic heterocycles. The first-order chi connectivity index (χ1) is 5.15. The van der Waals surface area contributed by atoms with Crippen LogP contribution >= 0.6 is 0 Å². The van der Waals surface area contributed by atoms with Gasteiger partial charge < -0.3 is 9.30 Å². The van der Waals surface area contributed by atoms with Gasteiger partial charge in [0, 0.05) is 7.05 Å². The number of ether oxygens (including phenoxy) is 1. The first kappa shape index (κ1) is 7.59. The number of aromatic nitrogens is 2. The molecule has 1 heterocycles. The maximum Gasteiger partial charge on any atom is 0.316 e. The average Bonchev–Trinajstić information content (AvgIpc) is 1.99. The fourth-order valence-corrected chi connectivity index (χ4v) is 0.696. The Morgan fingerprint density at radius 1 is 1.55 bits per heavy atom. The summed E-state index contributed by atoms with van der Waals surface area (Å²) in [6.45, 7) is 0. The van der Waals surface area contributed by atoms with Gasteiger partial charge >= 0.3 is 11.1 Å². The quantitative estimate of drug-likeness (QED) is 0.535. The highest BCUT2D eigenvalue weighted by atomic mass is 16.5. The van der Waals surface area contributed by atoms with Gasteiger partial charge in [-0.1, -0.05) is 0 Å². The van der Waals surface area contributed by atoms with Crippen LogP contribution in [0.15, 0.2) is 15.8 Å². The van der Waals surface area contributed by atoms with E-state index in [2.05, 4.69) is 4.98 Å². The van der Waals surface area contributed by atoms with Crippen molar-refractivity contribution in [2.24, 2.45) is 7.05 Å². The van der Waals surface area contributed by atoms with E-state index in [0.717, 1.165) is 4.57 Å². The predicted molar refractivity (Wildman–Crippen MR) is 38.9 cm³/mol. The van der Waals surface area contributed by atoms with Crippen molar-refractivity contribution in [1.82, 2.24) is 9.55 Å². The standard InChI is InChI=1S/C6H8N2O3/c1-8-3-4(11-2)7-5(9)6(8)10/h3H,1-2H3,(H,7,9). The summed E-state index contributed by atoms with van der Waals surface area (Å²) in [5, 5.41) is 0. The molecule has 0 spiro atoms. The van der Waals surface area contributed by atoms with Crippen LogP contribution in [0.1, 0.15) is 0 Å². The monoisotopic (exact) mass is 156 g/mol. The summed E-state index contributed by atoms with van der Waals surface area (Å²) in [6.07, 6.45) is 1.41. The van der Waals surface area contributed by atoms with E-state index in [1.165, 1.54) is 20.4 Å². The Morgan fingerprint density at radius 2 is 2.18 bits per heavy atom. The molecule has 60 valence electrons. The highest BCUT2D eigenvalue weighted by Gasteiger charge is 1.98. The van der Waals surface area contributed by atoms with Gasteiger partial charge in [-0.05, 0) is 0 Å². The second-order valence-electron chi connectivity index (χ2n) is 2.07.